The Morgan fingerprint density at radius 3 is 2.73 bits per heavy atom. The van der Waals surface area contributed by atoms with Crippen LogP contribution in [0.5, 0.6) is 0 Å². The average Bonchev–Trinajstić information content (AvgIpc) is 2.28. The third kappa shape index (κ3) is 4.87. The van der Waals surface area contributed by atoms with Crippen molar-refractivity contribution in [1.82, 2.24) is 0 Å². The lowest BCUT2D eigenvalue weighted by Crippen LogP contribution is -2.07. The summed E-state index contributed by atoms with van der Waals surface area (Å²) in [6, 6.07) is 9.91. The highest BCUT2D eigenvalue weighted by Crippen LogP contribution is 2.00. The second-order valence-corrected chi connectivity index (χ2v) is 3.16. The molecule has 0 aromatic heterocycles. The van der Waals surface area contributed by atoms with E-state index < -0.39 is 0 Å². The molecule has 0 saturated carbocycles. The fraction of sp³-hybridized carbons (Fsp3) is 0.308. The summed E-state index contributed by atoms with van der Waals surface area (Å²) in [7, 11) is 0. The molecule has 0 heterocycles. The second kappa shape index (κ2) is 6.67. The molecule has 1 aromatic carbocycles. The Hall–Kier alpha value is -1.75. The van der Waals surface area contributed by atoms with E-state index in [1.807, 2.05) is 30.3 Å². The van der Waals surface area contributed by atoms with Crippen molar-refractivity contribution in [2.75, 3.05) is 6.61 Å². The van der Waals surface area contributed by atoms with E-state index in [0.717, 1.165) is 6.42 Å². The van der Waals surface area contributed by atoms with E-state index in [2.05, 4.69) is 5.92 Å². The van der Waals surface area contributed by atoms with E-state index in [-0.39, 0.29) is 5.97 Å². The molecule has 0 aliphatic rings. The van der Waals surface area contributed by atoms with Crippen LogP contribution in [0.2, 0.25) is 0 Å². The van der Waals surface area contributed by atoms with Gasteiger partial charge in [-0.25, -0.2) is 0 Å². The van der Waals surface area contributed by atoms with Crippen LogP contribution in [0.15, 0.2) is 30.3 Å². The van der Waals surface area contributed by atoms with Gasteiger partial charge < -0.3 is 4.74 Å². The average molecular weight is 202 g/mol. The number of hydrogen-bond donors (Lipinski definition) is 0. The van der Waals surface area contributed by atoms with Crippen LogP contribution in [0.1, 0.15) is 18.4 Å². The molecule has 1 rings (SSSR count). The number of ether oxygens (including phenoxy) is 1. The third-order valence-electron chi connectivity index (χ3n) is 1.97. The molecule has 1 aromatic rings. The number of hydrogen-bond acceptors (Lipinski definition) is 2. The van der Waals surface area contributed by atoms with Gasteiger partial charge in [-0.1, -0.05) is 30.3 Å². The minimum atomic E-state index is -0.219. The predicted octanol–water partition coefficient (Wildman–Crippen LogP) is 2.19. The molecule has 0 aliphatic carbocycles. The van der Waals surface area contributed by atoms with E-state index in [1.54, 1.807) is 0 Å². The summed E-state index contributed by atoms with van der Waals surface area (Å²) in [6.07, 6.45) is 6.55. The zero-order valence-electron chi connectivity index (χ0n) is 8.61. The molecule has 0 saturated heterocycles. The van der Waals surface area contributed by atoms with Crippen LogP contribution in [-0.2, 0) is 16.0 Å². The topological polar surface area (TPSA) is 26.3 Å². The summed E-state index contributed by atoms with van der Waals surface area (Å²) in [5, 5.41) is 0. The van der Waals surface area contributed by atoms with Crippen LogP contribution >= 0.6 is 0 Å². The molecule has 0 amide bonds. The van der Waals surface area contributed by atoms with E-state index >= 15 is 0 Å². The minimum absolute atomic E-state index is 0.219. The van der Waals surface area contributed by atoms with E-state index in [9.17, 15) is 4.79 Å². The summed E-state index contributed by atoms with van der Waals surface area (Å²) in [5.41, 5.74) is 1.17. The number of rotatable bonds is 5. The summed E-state index contributed by atoms with van der Waals surface area (Å²) in [4.78, 5) is 11.1. The Bertz CT molecular complexity index is 335. The lowest BCUT2D eigenvalue weighted by molar-refractivity contribution is -0.143. The summed E-state index contributed by atoms with van der Waals surface area (Å²) in [6.45, 7) is 0.424. The van der Waals surface area contributed by atoms with Crippen molar-refractivity contribution in [2.24, 2.45) is 0 Å². The monoisotopic (exact) mass is 202 g/mol. The fourth-order valence-electron chi connectivity index (χ4n) is 1.17. The largest absolute Gasteiger partial charge is 0.465 e. The van der Waals surface area contributed by atoms with Crippen molar-refractivity contribution >= 4 is 5.97 Å². The van der Waals surface area contributed by atoms with E-state index in [1.165, 1.54) is 5.56 Å². The first kappa shape index (κ1) is 11.3. The molecule has 0 fully saturated rings. The highest BCUT2D eigenvalue weighted by Gasteiger charge is 2.00. The predicted molar refractivity (Wildman–Crippen MR) is 59.2 cm³/mol. The molecule has 2 heteroatoms. The van der Waals surface area contributed by atoms with Crippen LogP contribution in [0.25, 0.3) is 0 Å². The number of terminal acetylenes is 1. The Morgan fingerprint density at radius 2 is 2.07 bits per heavy atom. The molecular weight excluding hydrogens is 188 g/mol. The molecule has 0 aliphatic heterocycles. The highest BCUT2D eigenvalue weighted by atomic mass is 16.5. The van der Waals surface area contributed by atoms with Crippen molar-refractivity contribution in [3.05, 3.63) is 35.9 Å². The third-order valence-corrected chi connectivity index (χ3v) is 1.97. The Kier molecular flexibility index (Phi) is 5.03. The molecule has 0 bridgehead atoms. The maximum Gasteiger partial charge on any atom is 0.306 e. The van der Waals surface area contributed by atoms with Crippen molar-refractivity contribution in [3.63, 3.8) is 0 Å². The normalized spacial score (nSPS) is 9.27. The molecule has 2 nitrogen and oxygen atoms in total. The maximum atomic E-state index is 11.1. The van der Waals surface area contributed by atoms with Gasteiger partial charge in [-0.15, -0.1) is 12.3 Å². The molecule has 0 atom stereocenters. The summed E-state index contributed by atoms with van der Waals surface area (Å²) in [5.74, 6) is 2.19. The van der Waals surface area contributed by atoms with Crippen LogP contribution in [0.3, 0.4) is 0 Å². The lowest BCUT2D eigenvalue weighted by Gasteiger charge is -2.03. The first-order valence-corrected chi connectivity index (χ1v) is 4.96. The second-order valence-electron chi connectivity index (χ2n) is 3.16. The molecule has 0 unspecified atom stereocenters. The number of carbonyl (C=O) groups excluding carboxylic acids is 1. The van der Waals surface area contributed by atoms with Crippen LogP contribution in [0, 0.1) is 12.3 Å². The van der Waals surface area contributed by atoms with Crippen molar-refractivity contribution in [3.8, 4) is 12.3 Å². The Balaban J connectivity index is 2.17. The first-order valence-electron chi connectivity index (χ1n) is 4.96. The molecule has 0 N–H and O–H groups in total. The zero-order chi connectivity index (χ0) is 10.9. The SMILES string of the molecule is C#CCCC(=O)OCCc1ccccc1. The van der Waals surface area contributed by atoms with Gasteiger partial charge in [0, 0.05) is 12.8 Å². The van der Waals surface area contributed by atoms with Gasteiger partial charge in [-0.2, -0.15) is 0 Å². The van der Waals surface area contributed by atoms with Crippen LogP contribution in [-0.4, -0.2) is 12.6 Å². The van der Waals surface area contributed by atoms with Crippen molar-refractivity contribution in [2.45, 2.75) is 19.3 Å². The number of benzene rings is 1. The van der Waals surface area contributed by atoms with Gasteiger partial charge in [0.15, 0.2) is 0 Å². The van der Waals surface area contributed by atoms with E-state index in [0.29, 0.717) is 19.4 Å². The van der Waals surface area contributed by atoms with Crippen molar-refractivity contribution < 1.29 is 9.53 Å². The lowest BCUT2D eigenvalue weighted by atomic mass is 10.2. The smallest absolute Gasteiger partial charge is 0.306 e. The van der Waals surface area contributed by atoms with Crippen molar-refractivity contribution in [1.29, 1.82) is 0 Å². The van der Waals surface area contributed by atoms with Gasteiger partial charge in [0.25, 0.3) is 0 Å². The van der Waals surface area contributed by atoms with Gasteiger partial charge in [0.1, 0.15) is 0 Å². The zero-order valence-corrected chi connectivity index (χ0v) is 8.61. The van der Waals surface area contributed by atoms with E-state index in [4.69, 9.17) is 11.2 Å². The Labute approximate surface area is 90.3 Å². The van der Waals surface area contributed by atoms with Crippen LogP contribution < -0.4 is 0 Å². The minimum Gasteiger partial charge on any atom is -0.465 e. The van der Waals surface area contributed by atoms with Gasteiger partial charge in [-0.05, 0) is 5.56 Å². The molecular formula is C13H14O2. The first-order chi connectivity index (χ1) is 7.33. The number of esters is 1. The fourth-order valence-corrected chi connectivity index (χ4v) is 1.17. The van der Waals surface area contributed by atoms with Gasteiger partial charge in [0.2, 0.25) is 0 Å². The maximum absolute atomic E-state index is 11.1. The van der Waals surface area contributed by atoms with Crippen LogP contribution in [0.4, 0.5) is 0 Å². The summed E-state index contributed by atoms with van der Waals surface area (Å²) >= 11 is 0. The molecule has 0 radical (unpaired) electrons. The van der Waals surface area contributed by atoms with Gasteiger partial charge >= 0.3 is 5.97 Å². The molecule has 15 heavy (non-hydrogen) atoms. The standard InChI is InChI=1S/C13H14O2/c1-2-3-9-13(14)15-11-10-12-7-5-4-6-8-12/h1,4-8H,3,9-11H2. The Morgan fingerprint density at radius 1 is 1.33 bits per heavy atom. The summed E-state index contributed by atoms with van der Waals surface area (Å²) < 4.78 is 5.01. The molecule has 78 valence electrons. The molecule has 0 spiro atoms. The van der Waals surface area contributed by atoms with Gasteiger partial charge in [-0.3, -0.25) is 4.79 Å². The number of carbonyl (C=O) groups is 1. The quantitative estimate of drug-likeness (QED) is 0.540. The van der Waals surface area contributed by atoms with Gasteiger partial charge in [0.05, 0.1) is 13.0 Å². The highest BCUT2D eigenvalue weighted by molar-refractivity contribution is 5.69.